The van der Waals surface area contributed by atoms with Gasteiger partial charge in [0.15, 0.2) is 0 Å². The van der Waals surface area contributed by atoms with Gasteiger partial charge in [0.25, 0.3) is 0 Å². The number of halogens is 3. The van der Waals surface area contributed by atoms with E-state index in [1.165, 1.54) is 18.5 Å². The van der Waals surface area contributed by atoms with Crippen molar-refractivity contribution in [3.8, 4) is 0 Å². The summed E-state index contributed by atoms with van der Waals surface area (Å²) < 4.78 is 38.1. The molecular formula is C16H23F3N2. The smallest absolute Gasteiger partial charge is 0.345 e. The average molecular weight is 300 g/mol. The van der Waals surface area contributed by atoms with Crippen LogP contribution in [0.1, 0.15) is 68.6 Å². The second-order valence-electron chi connectivity index (χ2n) is 6.65. The van der Waals surface area contributed by atoms with Crippen molar-refractivity contribution in [1.29, 1.82) is 0 Å². The van der Waals surface area contributed by atoms with Crippen molar-refractivity contribution < 1.29 is 13.2 Å². The summed E-state index contributed by atoms with van der Waals surface area (Å²) in [4.78, 5) is 8.12. The molecule has 1 atom stereocenters. The fraction of sp³-hybridized carbons (Fsp3) is 0.812. The van der Waals surface area contributed by atoms with Gasteiger partial charge in [-0.05, 0) is 50.9 Å². The molecule has 0 bridgehead atoms. The number of hydrogen-bond acceptors (Lipinski definition) is 1. The number of alkyl halides is 3. The molecule has 1 aromatic rings. The molecule has 0 amide bonds. The van der Waals surface area contributed by atoms with E-state index >= 15 is 0 Å². The fourth-order valence-electron chi connectivity index (χ4n) is 3.81. The van der Waals surface area contributed by atoms with Gasteiger partial charge in [-0.3, -0.25) is 0 Å². The summed E-state index contributed by atoms with van der Waals surface area (Å²) >= 11 is 0. The summed E-state index contributed by atoms with van der Waals surface area (Å²) in [5, 5.41) is 0. The van der Waals surface area contributed by atoms with Crippen LogP contribution in [0.3, 0.4) is 0 Å². The fourth-order valence-corrected chi connectivity index (χ4v) is 3.81. The van der Waals surface area contributed by atoms with E-state index < -0.39 is 12.1 Å². The number of H-pyrrole nitrogens is 1. The molecule has 1 aromatic heterocycles. The van der Waals surface area contributed by atoms with E-state index in [0.29, 0.717) is 12.8 Å². The minimum Gasteiger partial charge on any atom is -0.345 e. The van der Waals surface area contributed by atoms with Gasteiger partial charge >= 0.3 is 6.18 Å². The molecule has 3 rings (SSSR count). The number of aromatic amines is 1. The Morgan fingerprint density at radius 1 is 1.14 bits per heavy atom. The maximum atomic E-state index is 12.7. The summed E-state index contributed by atoms with van der Waals surface area (Å²) in [6, 6.07) is 0. The molecule has 0 radical (unpaired) electrons. The highest BCUT2D eigenvalue weighted by atomic mass is 19.4. The Morgan fingerprint density at radius 3 is 2.48 bits per heavy atom. The number of aromatic nitrogens is 2. The Kier molecular flexibility index (Phi) is 4.02. The second kappa shape index (κ2) is 5.65. The molecule has 1 heterocycles. The summed E-state index contributed by atoms with van der Waals surface area (Å²) in [5.41, 5.74) is 2.40. The minimum absolute atomic E-state index is 0.189. The lowest BCUT2D eigenvalue weighted by Gasteiger charge is -2.28. The Labute approximate surface area is 123 Å². The first kappa shape index (κ1) is 14.9. The Bertz CT molecular complexity index is 484. The standard InChI is InChI=1S/C16H23F3N2/c1-2-10-3-8-13-14(9-10)21-15(20-13)11-4-6-12(7-5-11)16(17,18)19/h10-12H,2-9H2,1H3,(H,20,21). The zero-order valence-electron chi connectivity index (χ0n) is 12.5. The number of imidazole rings is 1. The predicted molar refractivity (Wildman–Crippen MR) is 75.1 cm³/mol. The zero-order valence-corrected chi connectivity index (χ0v) is 12.5. The van der Waals surface area contributed by atoms with Crippen LogP contribution in [0.15, 0.2) is 0 Å². The SMILES string of the molecule is CCC1CCc2nc(C3CCC(C(F)(F)F)CC3)[nH]c2C1. The normalized spacial score (nSPS) is 30.2. The van der Waals surface area contributed by atoms with Crippen molar-refractivity contribution in [2.24, 2.45) is 11.8 Å². The summed E-state index contributed by atoms with van der Waals surface area (Å²) in [6.07, 6.45) is 2.12. The molecule has 2 aliphatic rings. The van der Waals surface area contributed by atoms with Gasteiger partial charge in [0, 0.05) is 11.6 Å². The molecule has 2 nitrogen and oxygen atoms in total. The van der Waals surface area contributed by atoms with Crippen molar-refractivity contribution in [2.75, 3.05) is 0 Å². The molecule has 21 heavy (non-hydrogen) atoms. The van der Waals surface area contributed by atoms with Crippen LogP contribution in [0.5, 0.6) is 0 Å². The first-order valence-corrected chi connectivity index (χ1v) is 8.11. The third-order valence-electron chi connectivity index (χ3n) is 5.32. The Balaban J connectivity index is 1.66. The third-order valence-corrected chi connectivity index (χ3v) is 5.32. The summed E-state index contributed by atoms with van der Waals surface area (Å²) in [5.74, 6) is 0.751. The lowest BCUT2D eigenvalue weighted by molar-refractivity contribution is -0.182. The van der Waals surface area contributed by atoms with Crippen molar-refractivity contribution in [3.05, 3.63) is 17.2 Å². The molecule has 0 spiro atoms. The van der Waals surface area contributed by atoms with Gasteiger partial charge < -0.3 is 4.98 Å². The molecule has 2 aliphatic carbocycles. The van der Waals surface area contributed by atoms with Crippen LogP contribution >= 0.6 is 0 Å². The van der Waals surface area contributed by atoms with E-state index in [2.05, 4.69) is 11.9 Å². The van der Waals surface area contributed by atoms with Crippen LogP contribution in [0.25, 0.3) is 0 Å². The molecule has 1 fully saturated rings. The van der Waals surface area contributed by atoms with Crippen LogP contribution in [0, 0.1) is 11.8 Å². The van der Waals surface area contributed by atoms with Crippen molar-refractivity contribution in [2.45, 2.75) is 70.4 Å². The topological polar surface area (TPSA) is 28.7 Å². The molecule has 5 heteroatoms. The first-order valence-electron chi connectivity index (χ1n) is 8.11. The van der Waals surface area contributed by atoms with E-state index in [-0.39, 0.29) is 18.8 Å². The molecule has 0 aromatic carbocycles. The van der Waals surface area contributed by atoms with Crippen LogP contribution in [-0.4, -0.2) is 16.1 Å². The zero-order chi connectivity index (χ0) is 15.0. The van der Waals surface area contributed by atoms with E-state index in [4.69, 9.17) is 4.98 Å². The van der Waals surface area contributed by atoms with Crippen molar-refractivity contribution >= 4 is 0 Å². The number of nitrogens with one attached hydrogen (secondary N) is 1. The number of hydrogen-bond donors (Lipinski definition) is 1. The molecular weight excluding hydrogens is 277 g/mol. The predicted octanol–water partition coefficient (Wildman–Crippen LogP) is 4.76. The number of fused-ring (bicyclic) bond motifs is 1. The average Bonchev–Trinajstić information content (AvgIpc) is 2.89. The van der Waals surface area contributed by atoms with E-state index in [0.717, 1.165) is 30.3 Å². The molecule has 0 saturated heterocycles. The first-order chi connectivity index (χ1) is 9.97. The molecule has 118 valence electrons. The van der Waals surface area contributed by atoms with Gasteiger partial charge in [0.05, 0.1) is 11.6 Å². The van der Waals surface area contributed by atoms with E-state index in [9.17, 15) is 13.2 Å². The minimum atomic E-state index is -4.03. The highest BCUT2D eigenvalue weighted by Gasteiger charge is 2.42. The van der Waals surface area contributed by atoms with Gasteiger partial charge in [-0.25, -0.2) is 4.98 Å². The van der Waals surface area contributed by atoms with Gasteiger partial charge in [-0.2, -0.15) is 13.2 Å². The lowest BCUT2D eigenvalue weighted by atomic mass is 9.81. The Hall–Kier alpha value is -1.00. The summed E-state index contributed by atoms with van der Waals surface area (Å²) in [6.45, 7) is 2.21. The third kappa shape index (κ3) is 3.11. The molecule has 1 saturated carbocycles. The van der Waals surface area contributed by atoms with Crippen LogP contribution in [0.2, 0.25) is 0 Å². The highest BCUT2D eigenvalue weighted by molar-refractivity contribution is 5.20. The lowest BCUT2D eigenvalue weighted by Crippen LogP contribution is -2.27. The number of nitrogens with zero attached hydrogens (tertiary/aromatic N) is 1. The van der Waals surface area contributed by atoms with Gasteiger partial charge in [-0.15, -0.1) is 0 Å². The van der Waals surface area contributed by atoms with Crippen molar-refractivity contribution in [1.82, 2.24) is 9.97 Å². The second-order valence-corrected chi connectivity index (χ2v) is 6.65. The number of aryl methyl sites for hydroxylation is 1. The van der Waals surface area contributed by atoms with Gasteiger partial charge in [0.1, 0.15) is 5.82 Å². The van der Waals surface area contributed by atoms with Crippen LogP contribution in [0.4, 0.5) is 13.2 Å². The van der Waals surface area contributed by atoms with Crippen molar-refractivity contribution in [3.63, 3.8) is 0 Å². The number of rotatable bonds is 2. The van der Waals surface area contributed by atoms with E-state index in [1.54, 1.807) is 0 Å². The Morgan fingerprint density at radius 2 is 1.86 bits per heavy atom. The molecule has 0 aliphatic heterocycles. The van der Waals surface area contributed by atoms with Crippen LogP contribution < -0.4 is 0 Å². The van der Waals surface area contributed by atoms with E-state index in [1.807, 2.05) is 0 Å². The summed E-state index contributed by atoms with van der Waals surface area (Å²) in [7, 11) is 0. The van der Waals surface area contributed by atoms with Gasteiger partial charge in [0.2, 0.25) is 0 Å². The molecule has 1 unspecified atom stereocenters. The molecule has 1 N–H and O–H groups in total. The maximum absolute atomic E-state index is 12.7. The largest absolute Gasteiger partial charge is 0.391 e. The highest BCUT2D eigenvalue weighted by Crippen LogP contribution is 2.42. The maximum Gasteiger partial charge on any atom is 0.391 e. The quantitative estimate of drug-likeness (QED) is 0.838. The van der Waals surface area contributed by atoms with Crippen LogP contribution in [-0.2, 0) is 12.8 Å². The van der Waals surface area contributed by atoms with Gasteiger partial charge in [-0.1, -0.05) is 13.3 Å². The monoisotopic (exact) mass is 300 g/mol.